The maximum absolute atomic E-state index is 5.54. The van der Waals surface area contributed by atoms with Gasteiger partial charge in [-0.25, -0.2) is 0 Å². The van der Waals surface area contributed by atoms with E-state index in [2.05, 4.69) is 54.7 Å². The Morgan fingerprint density at radius 3 is 2.75 bits per heavy atom. The molecule has 2 aromatic carbocycles. The van der Waals surface area contributed by atoms with Crippen LogP contribution in [0.25, 0.3) is 11.1 Å². The number of nitrogens with two attached hydrogens (primary N) is 1. The summed E-state index contributed by atoms with van der Waals surface area (Å²) in [5.41, 5.74) is 12.6. The number of hydrogen-bond acceptors (Lipinski definition) is 2. The van der Waals surface area contributed by atoms with Gasteiger partial charge in [0.1, 0.15) is 0 Å². The van der Waals surface area contributed by atoms with Gasteiger partial charge in [0.15, 0.2) is 0 Å². The highest BCUT2D eigenvalue weighted by Crippen LogP contribution is 2.37. The zero-order valence-electron chi connectivity index (χ0n) is 12.0. The molecule has 1 aliphatic rings. The van der Waals surface area contributed by atoms with Gasteiger partial charge in [-0.15, -0.1) is 0 Å². The Bertz CT molecular complexity index is 604. The van der Waals surface area contributed by atoms with Crippen LogP contribution in [0, 0.1) is 0 Å². The molecule has 3 N–H and O–H groups in total. The first-order valence-electron chi connectivity index (χ1n) is 7.44. The van der Waals surface area contributed by atoms with E-state index in [1.807, 2.05) is 0 Å². The molecular weight excluding hydrogens is 244 g/mol. The molecule has 2 nitrogen and oxygen atoms in total. The quantitative estimate of drug-likeness (QED) is 0.696. The van der Waals surface area contributed by atoms with E-state index in [1.54, 1.807) is 0 Å². The van der Waals surface area contributed by atoms with Crippen LogP contribution in [0.2, 0.25) is 0 Å². The van der Waals surface area contributed by atoms with Crippen molar-refractivity contribution in [2.24, 2.45) is 5.73 Å². The highest BCUT2D eigenvalue weighted by atomic mass is 14.9. The van der Waals surface area contributed by atoms with Crippen molar-refractivity contribution < 1.29 is 0 Å². The summed E-state index contributed by atoms with van der Waals surface area (Å²) in [6, 6.07) is 16.0. The predicted octanol–water partition coefficient (Wildman–Crippen LogP) is 3.26. The largest absolute Gasteiger partial charge is 0.330 e. The third-order valence-corrected chi connectivity index (χ3v) is 4.15. The van der Waals surface area contributed by atoms with Gasteiger partial charge in [-0.1, -0.05) is 42.5 Å². The van der Waals surface area contributed by atoms with Gasteiger partial charge in [0.25, 0.3) is 0 Å². The van der Waals surface area contributed by atoms with Gasteiger partial charge < -0.3 is 11.1 Å². The maximum atomic E-state index is 5.54. The van der Waals surface area contributed by atoms with Gasteiger partial charge >= 0.3 is 0 Å². The number of rotatable bonds is 5. The molecule has 2 aromatic rings. The average molecular weight is 266 g/mol. The summed E-state index contributed by atoms with van der Waals surface area (Å²) < 4.78 is 0. The Morgan fingerprint density at radius 1 is 1.10 bits per heavy atom. The van der Waals surface area contributed by atoms with Crippen LogP contribution < -0.4 is 11.1 Å². The Kier molecular flexibility index (Phi) is 3.86. The third kappa shape index (κ3) is 2.49. The second-order valence-corrected chi connectivity index (χ2v) is 5.57. The fourth-order valence-electron chi connectivity index (χ4n) is 2.97. The lowest BCUT2D eigenvalue weighted by Crippen LogP contribution is -2.21. The normalized spacial score (nSPS) is 13.9. The molecule has 0 spiro atoms. The van der Waals surface area contributed by atoms with E-state index in [9.17, 15) is 0 Å². The van der Waals surface area contributed by atoms with E-state index in [1.165, 1.54) is 27.8 Å². The smallest absolute Gasteiger partial charge is 0.0291 e. The highest BCUT2D eigenvalue weighted by Gasteiger charge is 2.18. The first-order valence-corrected chi connectivity index (χ1v) is 7.44. The van der Waals surface area contributed by atoms with Crippen LogP contribution in [0.15, 0.2) is 42.5 Å². The van der Waals surface area contributed by atoms with Crippen LogP contribution in [-0.2, 0) is 6.42 Å². The monoisotopic (exact) mass is 266 g/mol. The van der Waals surface area contributed by atoms with Crippen molar-refractivity contribution in [3.63, 3.8) is 0 Å². The molecule has 0 saturated carbocycles. The van der Waals surface area contributed by atoms with E-state index >= 15 is 0 Å². The van der Waals surface area contributed by atoms with Crippen molar-refractivity contribution in [1.82, 2.24) is 5.32 Å². The fraction of sp³-hybridized carbons (Fsp3) is 0.333. The van der Waals surface area contributed by atoms with Crippen molar-refractivity contribution in [3.8, 4) is 11.1 Å². The van der Waals surface area contributed by atoms with E-state index in [4.69, 9.17) is 5.73 Å². The Labute approximate surface area is 121 Å². The minimum atomic E-state index is 0.385. The molecular formula is C18H22N2. The zero-order valence-corrected chi connectivity index (χ0v) is 12.0. The fourth-order valence-corrected chi connectivity index (χ4v) is 2.97. The molecule has 0 aromatic heterocycles. The first kappa shape index (κ1) is 13.3. The number of fused-ring (bicyclic) bond motifs is 3. The van der Waals surface area contributed by atoms with E-state index in [-0.39, 0.29) is 0 Å². The van der Waals surface area contributed by atoms with Crippen LogP contribution in [0.4, 0.5) is 0 Å². The summed E-state index contributed by atoms with van der Waals surface area (Å²) >= 11 is 0. The standard InChI is InChI=1S/C18H22N2/c1-13(20-10-4-9-19)14-7-8-18-16(11-14)12-15-5-2-3-6-17(15)18/h2-3,5-8,11,13,20H,4,9-10,12,19H2,1H3. The topological polar surface area (TPSA) is 38.0 Å². The summed E-state index contributed by atoms with van der Waals surface area (Å²) in [6.07, 6.45) is 2.09. The molecule has 0 saturated heterocycles. The highest BCUT2D eigenvalue weighted by molar-refractivity contribution is 5.76. The summed E-state index contributed by atoms with van der Waals surface area (Å²) in [6.45, 7) is 3.95. The summed E-state index contributed by atoms with van der Waals surface area (Å²) in [5.74, 6) is 0. The van der Waals surface area contributed by atoms with Gasteiger partial charge in [-0.2, -0.15) is 0 Å². The Morgan fingerprint density at radius 2 is 1.90 bits per heavy atom. The lowest BCUT2D eigenvalue weighted by molar-refractivity contribution is 0.561. The predicted molar refractivity (Wildman–Crippen MR) is 84.8 cm³/mol. The maximum Gasteiger partial charge on any atom is 0.0291 e. The second kappa shape index (κ2) is 5.78. The molecule has 0 bridgehead atoms. The van der Waals surface area contributed by atoms with E-state index in [0.717, 1.165) is 25.9 Å². The molecule has 20 heavy (non-hydrogen) atoms. The van der Waals surface area contributed by atoms with Gasteiger partial charge in [0, 0.05) is 6.04 Å². The summed E-state index contributed by atoms with van der Waals surface area (Å²) in [7, 11) is 0. The minimum absolute atomic E-state index is 0.385. The lowest BCUT2D eigenvalue weighted by atomic mass is 10.0. The Hall–Kier alpha value is -1.64. The lowest BCUT2D eigenvalue weighted by Gasteiger charge is -2.15. The average Bonchev–Trinajstić information content (AvgIpc) is 2.85. The van der Waals surface area contributed by atoms with Gasteiger partial charge in [-0.3, -0.25) is 0 Å². The first-order chi connectivity index (χ1) is 9.79. The number of hydrogen-bond donors (Lipinski definition) is 2. The molecule has 0 amide bonds. The SMILES string of the molecule is CC(NCCCN)c1ccc2c(c1)Cc1ccccc1-2. The molecule has 1 aliphatic carbocycles. The van der Waals surface area contributed by atoms with Crippen molar-refractivity contribution in [1.29, 1.82) is 0 Å². The Balaban J connectivity index is 1.80. The van der Waals surface area contributed by atoms with Crippen LogP contribution in [0.3, 0.4) is 0 Å². The van der Waals surface area contributed by atoms with Gasteiger partial charge in [-0.05, 0) is 60.7 Å². The van der Waals surface area contributed by atoms with Crippen molar-refractivity contribution in [3.05, 3.63) is 59.2 Å². The third-order valence-electron chi connectivity index (χ3n) is 4.15. The summed E-state index contributed by atoms with van der Waals surface area (Å²) in [4.78, 5) is 0. The molecule has 2 heteroatoms. The van der Waals surface area contributed by atoms with E-state index in [0.29, 0.717) is 6.04 Å². The van der Waals surface area contributed by atoms with Crippen molar-refractivity contribution >= 4 is 0 Å². The van der Waals surface area contributed by atoms with Crippen LogP contribution >= 0.6 is 0 Å². The second-order valence-electron chi connectivity index (χ2n) is 5.57. The summed E-state index contributed by atoms with van der Waals surface area (Å²) in [5, 5.41) is 3.53. The molecule has 1 unspecified atom stereocenters. The minimum Gasteiger partial charge on any atom is -0.330 e. The van der Waals surface area contributed by atoms with Crippen LogP contribution in [-0.4, -0.2) is 13.1 Å². The molecule has 0 aliphatic heterocycles. The molecule has 104 valence electrons. The van der Waals surface area contributed by atoms with Crippen molar-refractivity contribution in [2.45, 2.75) is 25.8 Å². The van der Waals surface area contributed by atoms with Crippen molar-refractivity contribution in [2.75, 3.05) is 13.1 Å². The zero-order chi connectivity index (χ0) is 13.9. The molecule has 1 atom stereocenters. The molecule has 0 heterocycles. The molecule has 3 rings (SSSR count). The van der Waals surface area contributed by atoms with Gasteiger partial charge in [0.2, 0.25) is 0 Å². The molecule has 0 radical (unpaired) electrons. The number of benzene rings is 2. The van der Waals surface area contributed by atoms with Crippen LogP contribution in [0.5, 0.6) is 0 Å². The van der Waals surface area contributed by atoms with Gasteiger partial charge in [0.05, 0.1) is 0 Å². The number of nitrogens with one attached hydrogen (secondary N) is 1. The molecule has 0 fully saturated rings. The van der Waals surface area contributed by atoms with E-state index < -0.39 is 0 Å². The van der Waals surface area contributed by atoms with Crippen LogP contribution in [0.1, 0.15) is 36.1 Å².